The molecule has 0 fully saturated rings. The van der Waals surface area contributed by atoms with Gasteiger partial charge in [0.1, 0.15) is 0 Å². The summed E-state index contributed by atoms with van der Waals surface area (Å²) in [6.45, 7) is 3.79. The van der Waals surface area contributed by atoms with Crippen LogP contribution < -0.4 is 5.32 Å². The minimum absolute atomic E-state index is 0.794. The summed E-state index contributed by atoms with van der Waals surface area (Å²) in [5.74, 6) is 0. The molecule has 0 bridgehead atoms. The number of hydrogen-bond donors (Lipinski definition) is 1. The van der Waals surface area contributed by atoms with Gasteiger partial charge in [-0.15, -0.1) is 0 Å². The largest absolute Gasteiger partial charge is 0.381 e. The third kappa shape index (κ3) is 2.85. The third-order valence-electron chi connectivity index (χ3n) is 3.31. The average molecular weight is 330 g/mol. The van der Waals surface area contributed by atoms with Gasteiger partial charge >= 0.3 is 0 Å². The van der Waals surface area contributed by atoms with Gasteiger partial charge in [-0.05, 0) is 42.0 Å². The minimum Gasteiger partial charge on any atom is -0.381 e. The smallest absolute Gasteiger partial charge is 0.0539 e. The van der Waals surface area contributed by atoms with Gasteiger partial charge in [-0.2, -0.15) is 5.10 Å². The molecule has 1 N–H and O–H groups in total. The average Bonchev–Trinajstić information content (AvgIpc) is 2.93. The van der Waals surface area contributed by atoms with Gasteiger partial charge in [-0.3, -0.25) is 4.68 Å². The van der Waals surface area contributed by atoms with E-state index in [-0.39, 0.29) is 0 Å². The van der Waals surface area contributed by atoms with Crippen LogP contribution in [0.15, 0.2) is 53.3 Å². The molecule has 3 nitrogen and oxygen atoms in total. The summed E-state index contributed by atoms with van der Waals surface area (Å²) in [7, 11) is 0. The zero-order valence-electron chi connectivity index (χ0n) is 11.3. The van der Waals surface area contributed by atoms with E-state index in [1.54, 1.807) is 0 Å². The molecule has 0 aliphatic carbocycles. The second-order valence-electron chi connectivity index (χ2n) is 4.76. The van der Waals surface area contributed by atoms with E-state index in [9.17, 15) is 0 Å². The van der Waals surface area contributed by atoms with E-state index in [4.69, 9.17) is 0 Å². The zero-order valence-corrected chi connectivity index (χ0v) is 12.9. The molecule has 0 aliphatic heterocycles. The lowest BCUT2D eigenvalue weighted by Gasteiger charge is -2.06. The number of rotatable bonds is 4. The highest BCUT2D eigenvalue weighted by molar-refractivity contribution is 9.10. The van der Waals surface area contributed by atoms with Crippen molar-refractivity contribution in [1.82, 2.24) is 9.78 Å². The number of aryl methyl sites for hydroxylation is 1. The van der Waals surface area contributed by atoms with Crippen LogP contribution in [-0.2, 0) is 13.1 Å². The van der Waals surface area contributed by atoms with E-state index in [2.05, 4.69) is 75.9 Å². The molecule has 3 aromatic rings. The first kappa shape index (κ1) is 13.2. The van der Waals surface area contributed by atoms with E-state index in [0.29, 0.717) is 0 Å². The number of hydrogen-bond acceptors (Lipinski definition) is 2. The Morgan fingerprint density at radius 3 is 2.75 bits per heavy atom. The van der Waals surface area contributed by atoms with Crippen LogP contribution in [0, 0.1) is 0 Å². The first-order valence-corrected chi connectivity index (χ1v) is 7.48. The van der Waals surface area contributed by atoms with Gasteiger partial charge in [-0.25, -0.2) is 0 Å². The van der Waals surface area contributed by atoms with Gasteiger partial charge in [0, 0.05) is 35.0 Å². The van der Waals surface area contributed by atoms with Crippen molar-refractivity contribution in [3.05, 3.63) is 58.8 Å². The molecule has 0 saturated heterocycles. The van der Waals surface area contributed by atoms with Crippen molar-refractivity contribution >= 4 is 32.4 Å². The molecule has 1 heterocycles. The fourth-order valence-corrected chi connectivity index (χ4v) is 2.58. The Balaban J connectivity index is 1.75. The van der Waals surface area contributed by atoms with Gasteiger partial charge in [0.05, 0.1) is 6.20 Å². The number of fused-ring (bicyclic) bond motifs is 1. The lowest BCUT2D eigenvalue weighted by molar-refractivity contribution is 0.659. The number of nitrogens with one attached hydrogen (secondary N) is 1. The quantitative estimate of drug-likeness (QED) is 0.767. The Labute approximate surface area is 126 Å². The second kappa shape index (κ2) is 5.67. The molecule has 4 heteroatoms. The Morgan fingerprint density at radius 1 is 1.15 bits per heavy atom. The molecule has 0 aliphatic rings. The van der Waals surface area contributed by atoms with E-state index >= 15 is 0 Å². The first-order chi connectivity index (χ1) is 9.74. The molecule has 20 heavy (non-hydrogen) atoms. The van der Waals surface area contributed by atoms with Crippen LogP contribution in [0.5, 0.6) is 0 Å². The molecular formula is C16H16BrN3. The van der Waals surface area contributed by atoms with Crippen molar-refractivity contribution in [2.75, 3.05) is 5.32 Å². The van der Waals surface area contributed by atoms with E-state index in [1.165, 1.54) is 16.3 Å². The highest BCUT2D eigenvalue weighted by atomic mass is 79.9. The molecule has 0 radical (unpaired) electrons. The minimum atomic E-state index is 0.794. The summed E-state index contributed by atoms with van der Waals surface area (Å²) < 4.78 is 3.05. The zero-order chi connectivity index (χ0) is 13.9. The topological polar surface area (TPSA) is 29.9 Å². The number of nitrogens with zero attached hydrogens (tertiary/aromatic N) is 2. The van der Waals surface area contributed by atoms with Gasteiger partial charge in [-0.1, -0.05) is 28.1 Å². The summed E-state index contributed by atoms with van der Waals surface area (Å²) in [5, 5.41) is 10.2. The lowest BCUT2D eigenvalue weighted by Crippen LogP contribution is -1.98. The van der Waals surface area contributed by atoms with Crippen molar-refractivity contribution in [3.8, 4) is 0 Å². The van der Waals surface area contributed by atoms with Crippen LogP contribution in [-0.4, -0.2) is 9.78 Å². The SMILES string of the molecule is CCn1cc(CNc2ccc3cc(Br)ccc3c2)cn1. The van der Waals surface area contributed by atoms with Crippen molar-refractivity contribution < 1.29 is 0 Å². The van der Waals surface area contributed by atoms with Crippen LogP contribution in [0.25, 0.3) is 10.8 Å². The monoisotopic (exact) mass is 329 g/mol. The molecule has 0 amide bonds. The lowest BCUT2D eigenvalue weighted by atomic mass is 10.1. The maximum Gasteiger partial charge on any atom is 0.0539 e. The molecule has 0 saturated carbocycles. The fourth-order valence-electron chi connectivity index (χ4n) is 2.20. The summed E-state index contributed by atoms with van der Waals surface area (Å²) in [6, 6.07) is 12.7. The molecule has 2 aromatic carbocycles. The Bertz CT molecular complexity index is 733. The van der Waals surface area contributed by atoms with Crippen molar-refractivity contribution in [3.63, 3.8) is 0 Å². The van der Waals surface area contributed by atoms with Crippen LogP contribution in [0.4, 0.5) is 5.69 Å². The maximum absolute atomic E-state index is 4.28. The molecule has 3 rings (SSSR count). The molecule has 0 atom stereocenters. The van der Waals surface area contributed by atoms with E-state index in [1.807, 2.05) is 10.9 Å². The van der Waals surface area contributed by atoms with Gasteiger partial charge < -0.3 is 5.32 Å². The molecule has 0 spiro atoms. The normalized spacial score (nSPS) is 10.9. The second-order valence-corrected chi connectivity index (χ2v) is 5.68. The number of aromatic nitrogens is 2. The third-order valence-corrected chi connectivity index (χ3v) is 3.80. The number of benzene rings is 2. The van der Waals surface area contributed by atoms with Gasteiger partial charge in [0.2, 0.25) is 0 Å². The van der Waals surface area contributed by atoms with Crippen LogP contribution in [0.2, 0.25) is 0 Å². The molecule has 102 valence electrons. The summed E-state index contributed by atoms with van der Waals surface area (Å²) in [4.78, 5) is 0. The van der Waals surface area contributed by atoms with Gasteiger partial charge in [0.15, 0.2) is 0 Å². The molecular weight excluding hydrogens is 314 g/mol. The highest BCUT2D eigenvalue weighted by Crippen LogP contribution is 2.23. The summed E-state index contributed by atoms with van der Waals surface area (Å²) >= 11 is 3.50. The Morgan fingerprint density at radius 2 is 1.95 bits per heavy atom. The van der Waals surface area contributed by atoms with E-state index in [0.717, 1.165) is 23.2 Å². The fraction of sp³-hybridized carbons (Fsp3) is 0.188. The summed E-state index contributed by atoms with van der Waals surface area (Å²) in [6.07, 6.45) is 3.99. The summed E-state index contributed by atoms with van der Waals surface area (Å²) in [5.41, 5.74) is 2.33. The number of halogens is 1. The van der Waals surface area contributed by atoms with Crippen LogP contribution in [0.3, 0.4) is 0 Å². The number of anilines is 1. The van der Waals surface area contributed by atoms with Crippen molar-refractivity contribution in [2.45, 2.75) is 20.0 Å². The Kier molecular flexibility index (Phi) is 3.74. The predicted octanol–water partition coefficient (Wildman–Crippen LogP) is 4.43. The van der Waals surface area contributed by atoms with Crippen LogP contribution >= 0.6 is 15.9 Å². The maximum atomic E-state index is 4.28. The molecule has 1 aromatic heterocycles. The van der Waals surface area contributed by atoms with Crippen LogP contribution in [0.1, 0.15) is 12.5 Å². The standard InChI is InChI=1S/C16H16BrN3/c1-2-20-11-12(10-19-20)9-18-16-6-4-13-7-15(17)5-3-14(13)8-16/h3-8,10-11,18H,2,9H2,1H3. The predicted molar refractivity (Wildman–Crippen MR) is 86.9 cm³/mol. The van der Waals surface area contributed by atoms with Gasteiger partial charge in [0.25, 0.3) is 0 Å². The highest BCUT2D eigenvalue weighted by Gasteiger charge is 2.00. The molecule has 0 unspecified atom stereocenters. The van der Waals surface area contributed by atoms with E-state index < -0.39 is 0 Å². The Hall–Kier alpha value is -1.81. The van der Waals surface area contributed by atoms with Crippen molar-refractivity contribution in [2.24, 2.45) is 0 Å². The first-order valence-electron chi connectivity index (χ1n) is 6.69. The van der Waals surface area contributed by atoms with Crippen molar-refractivity contribution in [1.29, 1.82) is 0 Å².